The van der Waals surface area contributed by atoms with Gasteiger partial charge in [0.25, 0.3) is 0 Å². The molecule has 3 rings (SSSR count). The number of rotatable bonds is 2. The minimum atomic E-state index is -0.478. The van der Waals surface area contributed by atoms with Crippen LogP contribution in [0.4, 0.5) is 0 Å². The Balaban J connectivity index is 2.18. The topological polar surface area (TPSA) is 34.1 Å². The molecular weight excluding hydrogens is 264 g/mol. The number of thioether (sulfide) groups is 2. The summed E-state index contributed by atoms with van der Waals surface area (Å²) in [7, 11) is 0. The van der Waals surface area contributed by atoms with Crippen LogP contribution in [0.15, 0.2) is 22.0 Å². The van der Waals surface area contributed by atoms with Crippen molar-refractivity contribution in [1.82, 2.24) is 0 Å². The van der Waals surface area contributed by atoms with Gasteiger partial charge >= 0.3 is 0 Å². The normalized spacial score (nSPS) is 41.8. The van der Waals surface area contributed by atoms with Crippen LogP contribution in [0.1, 0.15) is 13.3 Å². The molecule has 2 bridgehead atoms. The van der Waals surface area contributed by atoms with Crippen molar-refractivity contribution >= 4 is 35.1 Å². The standard InChI is InChI=1S/C14H16O2S2/c1-14-8-5-4-7(6-8)9(14)10(15)11(17-2)12(18-3)13(14)16/h4-5,7-9H,6H2,1-3H3. The number of fused-ring (bicyclic) bond motifs is 5. The van der Waals surface area contributed by atoms with Crippen molar-refractivity contribution in [1.29, 1.82) is 0 Å². The van der Waals surface area contributed by atoms with Gasteiger partial charge in [-0.05, 0) is 30.8 Å². The lowest BCUT2D eigenvalue weighted by molar-refractivity contribution is -0.136. The number of ketones is 2. The van der Waals surface area contributed by atoms with E-state index >= 15 is 0 Å². The lowest BCUT2D eigenvalue weighted by atomic mass is 9.63. The number of hydrogen-bond donors (Lipinski definition) is 0. The molecule has 0 saturated heterocycles. The summed E-state index contributed by atoms with van der Waals surface area (Å²) in [6.07, 6.45) is 9.05. The van der Waals surface area contributed by atoms with Crippen LogP contribution in [0, 0.1) is 23.2 Å². The van der Waals surface area contributed by atoms with Gasteiger partial charge in [0.2, 0.25) is 0 Å². The SMILES string of the molecule is CSC1=C(SC)C(=O)C2(C)C3C=CC(C3)C2C1=O. The van der Waals surface area contributed by atoms with Crippen LogP contribution in [-0.4, -0.2) is 24.1 Å². The molecule has 1 saturated carbocycles. The van der Waals surface area contributed by atoms with Crippen LogP contribution in [0.5, 0.6) is 0 Å². The largest absolute Gasteiger partial charge is 0.293 e. The summed E-state index contributed by atoms with van der Waals surface area (Å²) in [6.45, 7) is 2.00. The second-order valence-corrected chi connectivity index (χ2v) is 7.04. The minimum Gasteiger partial charge on any atom is -0.293 e. The number of carbonyl (C=O) groups is 2. The van der Waals surface area contributed by atoms with Gasteiger partial charge in [0.1, 0.15) is 0 Å². The fourth-order valence-electron chi connectivity index (χ4n) is 3.85. The molecule has 0 aromatic carbocycles. The van der Waals surface area contributed by atoms with E-state index in [2.05, 4.69) is 12.2 Å². The van der Waals surface area contributed by atoms with Crippen molar-refractivity contribution in [2.45, 2.75) is 13.3 Å². The predicted octanol–water partition coefficient (Wildman–Crippen LogP) is 2.90. The van der Waals surface area contributed by atoms with Crippen LogP contribution in [-0.2, 0) is 9.59 Å². The number of hydrogen-bond acceptors (Lipinski definition) is 4. The monoisotopic (exact) mass is 280 g/mol. The second kappa shape index (κ2) is 4.01. The lowest BCUT2D eigenvalue weighted by Gasteiger charge is -2.40. The summed E-state index contributed by atoms with van der Waals surface area (Å²) in [6, 6.07) is 0. The van der Waals surface area contributed by atoms with Crippen molar-refractivity contribution in [3.63, 3.8) is 0 Å². The van der Waals surface area contributed by atoms with E-state index in [0.29, 0.717) is 9.81 Å². The first-order chi connectivity index (χ1) is 8.55. The first-order valence-corrected chi connectivity index (χ1v) is 8.60. The van der Waals surface area contributed by atoms with Gasteiger partial charge in [0.05, 0.1) is 9.81 Å². The fraction of sp³-hybridized carbons (Fsp3) is 0.571. The van der Waals surface area contributed by atoms with E-state index in [0.717, 1.165) is 6.42 Å². The molecule has 0 spiro atoms. The summed E-state index contributed by atoms with van der Waals surface area (Å²) in [5, 5.41) is 0. The van der Waals surface area contributed by atoms with Gasteiger partial charge in [0, 0.05) is 11.3 Å². The maximum atomic E-state index is 12.8. The van der Waals surface area contributed by atoms with Crippen molar-refractivity contribution in [3.05, 3.63) is 22.0 Å². The fourth-order valence-corrected chi connectivity index (χ4v) is 5.65. The molecule has 0 heterocycles. The van der Waals surface area contributed by atoms with Gasteiger partial charge in [-0.2, -0.15) is 0 Å². The Labute approximate surface area is 116 Å². The molecular formula is C14H16O2S2. The minimum absolute atomic E-state index is 0.113. The molecule has 0 aliphatic heterocycles. The van der Waals surface area contributed by atoms with Crippen LogP contribution >= 0.6 is 23.5 Å². The average molecular weight is 280 g/mol. The van der Waals surface area contributed by atoms with Crippen LogP contribution < -0.4 is 0 Å². The Bertz CT molecular complexity index is 506. The zero-order valence-corrected chi connectivity index (χ0v) is 12.4. The Morgan fingerprint density at radius 1 is 1.17 bits per heavy atom. The Morgan fingerprint density at radius 2 is 1.83 bits per heavy atom. The molecule has 3 aliphatic rings. The summed E-state index contributed by atoms with van der Waals surface area (Å²) in [5.74, 6) is 0.821. The highest BCUT2D eigenvalue weighted by molar-refractivity contribution is 8.07. The number of carbonyl (C=O) groups excluding carboxylic acids is 2. The number of allylic oxidation sites excluding steroid dienone is 4. The summed E-state index contributed by atoms with van der Waals surface area (Å²) in [5.41, 5.74) is -0.478. The van der Waals surface area contributed by atoms with Crippen molar-refractivity contribution < 1.29 is 9.59 Å². The van der Waals surface area contributed by atoms with Crippen LogP contribution in [0.2, 0.25) is 0 Å². The van der Waals surface area contributed by atoms with Gasteiger partial charge in [-0.3, -0.25) is 9.59 Å². The van der Waals surface area contributed by atoms with E-state index in [1.165, 1.54) is 23.5 Å². The maximum Gasteiger partial charge on any atom is 0.177 e. The second-order valence-electron chi connectivity index (χ2n) is 5.41. The number of Topliss-reactive ketones (excluding diaryl/α,β-unsaturated/α-hetero) is 2. The highest BCUT2D eigenvalue weighted by Gasteiger charge is 2.63. The molecule has 0 amide bonds. The van der Waals surface area contributed by atoms with E-state index in [1.807, 2.05) is 19.4 Å². The van der Waals surface area contributed by atoms with Gasteiger partial charge in [-0.15, -0.1) is 23.5 Å². The van der Waals surface area contributed by atoms with Gasteiger partial charge in [-0.1, -0.05) is 19.1 Å². The van der Waals surface area contributed by atoms with E-state index in [9.17, 15) is 9.59 Å². The quantitative estimate of drug-likeness (QED) is 0.728. The van der Waals surface area contributed by atoms with Crippen molar-refractivity contribution in [2.24, 2.45) is 23.2 Å². The van der Waals surface area contributed by atoms with Crippen LogP contribution in [0.3, 0.4) is 0 Å². The van der Waals surface area contributed by atoms with Crippen LogP contribution in [0.25, 0.3) is 0 Å². The Kier molecular flexibility index (Phi) is 2.79. The Hall–Kier alpha value is -0.480. The third kappa shape index (κ3) is 1.28. The molecule has 0 N–H and O–H groups in total. The van der Waals surface area contributed by atoms with Gasteiger partial charge < -0.3 is 0 Å². The van der Waals surface area contributed by atoms with Gasteiger partial charge in [0.15, 0.2) is 11.6 Å². The van der Waals surface area contributed by atoms with Gasteiger partial charge in [-0.25, -0.2) is 0 Å². The predicted molar refractivity (Wildman–Crippen MR) is 76.4 cm³/mol. The third-order valence-corrected chi connectivity index (χ3v) is 6.52. The molecule has 2 nitrogen and oxygen atoms in total. The third-order valence-electron chi connectivity index (χ3n) is 4.78. The first kappa shape index (κ1) is 12.5. The smallest absolute Gasteiger partial charge is 0.177 e. The Morgan fingerprint density at radius 3 is 2.44 bits per heavy atom. The summed E-state index contributed by atoms with van der Waals surface area (Å²) < 4.78 is 0. The zero-order chi connectivity index (χ0) is 13.1. The van der Waals surface area contributed by atoms with E-state index in [1.54, 1.807) is 0 Å². The van der Waals surface area contributed by atoms with Crippen molar-refractivity contribution in [3.8, 4) is 0 Å². The summed E-state index contributed by atoms with van der Waals surface area (Å²) >= 11 is 2.86. The lowest BCUT2D eigenvalue weighted by Crippen LogP contribution is -2.47. The first-order valence-electron chi connectivity index (χ1n) is 6.15. The molecule has 0 radical (unpaired) electrons. The maximum absolute atomic E-state index is 12.8. The molecule has 0 aromatic heterocycles. The molecule has 4 unspecified atom stereocenters. The highest BCUT2D eigenvalue weighted by atomic mass is 32.2. The molecule has 1 fully saturated rings. The summed E-state index contributed by atoms with van der Waals surface area (Å²) in [4.78, 5) is 26.8. The molecule has 18 heavy (non-hydrogen) atoms. The van der Waals surface area contributed by atoms with Crippen molar-refractivity contribution in [2.75, 3.05) is 12.5 Å². The van der Waals surface area contributed by atoms with E-state index < -0.39 is 5.41 Å². The average Bonchev–Trinajstić information content (AvgIpc) is 2.93. The molecule has 4 heteroatoms. The zero-order valence-electron chi connectivity index (χ0n) is 10.7. The van der Waals surface area contributed by atoms with E-state index in [-0.39, 0.29) is 29.3 Å². The van der Waals surface area contributed by atoms with E-state index in [4.69, 9.17) is 0 Å². The molecule has 4 atom stereocenters. The molecule has 0 aromatic rings. The molecule has 96 valence electrons. The molecule has 3 aliphatic carbocycles. The highest BCUT2D eigenvalue weighted by Crippen LogP contribution is 2.61.